The van der Waals surface area contributed by atoms with E-state index in [0.29, 0.717) is 37.6 Å². The molecule has 2 aromatic rings. The van der Waals surface area contributed by atoms with Crippen molar-refractivity contribution < 1.29 is 4.79 Å². The highest BCUT2D eigenvalue weighted by Crippen LogP contribution is 2.32. The quantitative estimate of drug-likeness (QED) is 0.287. The van der Waals surface area contributed by atoms with Crippen molar-refractivity contribution in [2.75, 3.05) is 18.0 Å². The first-order valence-corrected chi connectivity index (χ1v) is 9.95. The molecule has 0 spiro atoms. The van der Waals surface area contributed by atoms with Crippen molar-refractivity contribution in [2.24, 2.45) is 27.7 Å². The number of hydrogen-bond donors (Lipinski definition) is 3. The van der Waals surface area contributed by atoms with Crippen LogP contribution < -0.4 is 22.0 Å². The zero-order chi connectivity index (χ0) is 20.9. The molecule has 1 aromatic heterocycles. The molecule has 10 heteroatoms. The normalized spacial score (nSPS) is 19.9. The molecule has 2 aliphatic rings. The Morgan fingerprint density at radius 1 is 1.17 bits per heavy atom. The molecule has 0 saturated carbocycles. The number of carbonyl (C=O) groups excluding carboxylic acids is 1. The van der Waals surface area contributed by atoms with Gasteiger partial charge in [0.1, 0.15) is 5.69 Å². The number of nitrogens with one attached hydrogen (secondary N) is 1. The number of aromatic nitrogens is 2. The summed E-state index contributed by atoms with van der Waals surface area (Å²) in [6.07, 6.45) is 5.64. The van der Waals surface area contributed by atoms with E-state index >= 15 is 0 Å². The molecule has 1 saturated heterocycles. The summed E-state index contributed by atoms with van der Waals surface area (Å²) in [5.41, 5.74) is 9.59. The lowest BCUT2D eigenvalue weighted by Crippen LogP contribution is -2.41. The largest absolute Gasteiger partial charge is 0.380 e. The third-order valence-corrected chi connectivity index (χ3v) is 5.46. The Kier molecular flexibility index (Phi) is 5.84. The van der Waals surface area contributed by atoms with Crippen LogP contribution in [0.25, 0.3) is 0 Å². The van der Waals surface area contributed by atoms with Crippen LogP contribution in [-0.2, 0) is 4.79 Å². The molecule has 0 bridgehead atoms. The van der Waals surface area contributed by atoms with Gasteiger partial charge in [0.25, 0.3) is 0 Å². The average Bonchev–Trinajstić information content (AvgIpc) is 3.29. The van der Waals surface area contributed by atoms with Crippen molar-refractivity contribution in [3.63, 3.8) is 0 Å². The number of nitrogens with zero attached hydrogens (tertiary/aromatic N) is 6. The third-order valence-electron chi connectivity index (χ3n) is 5.46. The van der Waals surface area contributed by atoms with Crippen molar-refractivity contribution in [3.8, 4) is 0 Å². The fraction of sp³-hybridized carbons (Fsp3) is 0.350. The van der Waals surface area contributed by atoms with E-state index < -0.39 is 0 Å². The summed E-state index contributed by atoms with van der Waals surface area (Å²) in [6, 6.07) is 11.7. The van der Waals surface area contributed by atoms with Gasteiger partial charge in [-0.05, 0) is 24.5 Å². The number of amides is 1. The minimum atomic E-state index is -0.0704. The number of rotatable bonds is 5. The van der Waals surface area contributed by atoms with Gasteiger partial charge in [0.05, 0.1) is 6.04 Å². The number of amidine groups is 1. The second-order valence-corrected chi connectivity index (χ2v) is 7.27. The van der Waals surface area contributed by atoms with Gasteiger partial charge in [-0.3, -0.25) is 4.79 Å². The molecule has 30 heavy (non-hydrogen) atoms. The zero-order valence-corrected chi connectivity index (χ0v) is 16.6. The molecule has 1 aromatic carbocycles. The number of carbonyl (C=O) groups is 1. The van der Waals surface area contributed by atoms with Crippen LogP contribution in [0.5, 0.6) is 0 Å². The van der Waals surface area contributed by atoms with Crippen LogP contribution in [-0.4, -0.2) is 46.0 Å². The number of hydrogen-bond acceptors (Lipinski definition) is 8. The van der Waals surface area contributed by atoms with E-state index in [4.69, 9.17) is 11.6 Å². The van der Waals surface area contributed by atoms with E-state index in [1.165, 1.54) is 0 Å². The van der Waals surface area contributed by atoms with Gasteiger partial charge in [0.2, 0.25) is 11.9 Å². The van der Waals surface area contributed by atoms with Crippen LogP contribution in [0.3, 0.4) is 0 Å². The zero-order valence-electron chi connectivity index (χ0n) is 16.6. The van der Waals surface area contributed by atoms with Crippen molar-refractivity contribution >= 4 is 23.9 Å². The summed E-state index contributed by atoms with van der Waals surface area (Å²) < 4.78 is 0. The topological polar surface area (TPSA) is 138 Å². The minimum absolute atomic E-state index is 0.0184. The van der Waals surface area contributed by atoms with E-state index in [2.05, 4.69) is 30.6 Å². The van der Waals surface area contributed by atoms with Crippen LogP contribution in [0.4, 0.5) is 5.95 Å². The Hall–Kier alpha value is -3.53. The number of hydrazone groups is 2. The van der Waals surface area contributed by atoms with Crippen LogP contribution in [0, 0.1) is 5.92 Å². The Balaban J connectivity index is 1.40. The highest BCUT2D eigenvalue weighted by molar-refractivity contribution is 5.95. The van der Waals surface area contributed by atoms with E-state index in [0.717, 1.165) is 12.0 Å². The minimum Gasteiger partial charge on any atom is -0.380 e. The van der Waals surface area contributed by atoms with Gasteiger partial charge in [-0.25, -0.2) is 26.4 Å². The Morgan fingerprint density at radius 3 is 2.67 bits per heavy atom. The first kappa shape index (κ1) is 19.8. The second kappa shape index (κ2) is 8.87. The number of piperidine rings is 1. The molecule has 4 rings (SSSR count). The summed E-state index contributed by atoms with van der Waals surface area (Å²) in [5.74, 6) is 5.93. The fourth-order valence-electron chi connectivity index (χ4n) is 3.86. The predicted molar refractivity (Wildman–Crippen MR) is 114 cm³/mol. The number of hydrazine groups is 1. The predicted octanol–water partition coefficient (Wildman–Crippen LogP) is 0.736. The average molecular weight is 407 g/mol. The van der Waals surface area contributed by atoms with E-state index in [9.17, 15) is 4.79 Å². The van der Waals surface area contributed by atoms with Crippen molar-refractivity contribution in [3.05, 3.63) is 53.9 Å². The van der Waals surface area contributed by atoms with E-state index in [1.54, 1.807) is 17.3 Å². The lowest BCUT2D eigenvalue weighted by atomic mass is 9.94. The SMILES string of the molecule is NN/N=C(\N)c1ccnc(N2CCC(C(=O)N3N=CCC3c3ccccc3)CC2)n1. The standard InChI is InChI=1S/C20H25N9O/c21-18(26-27-22)16-6-10-23-20(25-16)28-12-8-15(9-13-28)19(30)29-17(7-11-24-29)14-4-2-1-3-5-14/h1-6,10-11,15,17,27H,7-9,12-13,22H2,(H2,21,26). The Labute approximate surface area is 174 Å². The molecule has 1 fully saturated rings. The van der Waals surface area contributed by atoms with Gasteiger partial charge in [0, 0.05) is 37.8 Å². The van der Waals surface area contributed by atoms with Gasteiger partial charge < -0.3 is 10.6 Å². The summed E-state index contributed by atoms with van der Waals surface area (Å²) in [4.78, 5) is 24.0. The van der Waals surface area contributed by atoms with Crippen LogP contribution in [0.15, 0.2) is 52.8 Å². The Morgan fingerprint density at radius 2 is 1.93 bits per heavy atom. The van der Waals surface area contributed by atoms with Crippen LogP contribution in [0.1, 0.15) is 36.6 Å². The van der Waals surface area contributed by atoms with Gasteiger partial charge in [-0.15, -0.1) is 5.10 Å². The smallest absolute Gasteiger partial charge is 0.246 e. The summed E-state index contributed by atoms with van der Waals surface area (Å²) in [6.45, 7) is 1.36. The summed E-state index contributed by atoms with van der Waals surface area (Å²) in [5, 5.41) is 9.77. The van der Waals surface area contributed by atoms with E-state index in [-0.39, 0.29) is 23.7 Å². The molecule has 156 valence electrons. The molecule has 0 radical (unpaired) electrons. The summed E-state index contributed by atoms with van der Waals surface area (Å²) >= 11 is 0. The molecule has 1 amide bonds. The molecule has 3 heterocycles. The Bertz CT molecular complexity index is 938. The number of anilines is 1. The van der Waals surface area contributed by atoms with Crippen LogP contribution >= 0.6 is 0 Å². The van der Waals surface area contributed by atoms with Gasteiger partial charge in [0.15, 0.2) is 5.84 Å². The van der Waals surface area contributed by atoms with Gasteiger partial charge >= 0.3 is 0 Å². The van der Waals surface area contributed by atoms with E-state index in [1.807, 2.05) is 36.5 Å². The van der Waals surface area contributed by atoms with Crippen molar-refractivity contribution in [1.29, 1.82) is 0 Å². The number of benzene rings is 1. The molecule has 1 atom stereocenters. The first-order valence-electron chi connectivity index (χ1n) is 9.95. The molecule has 2 aliphatic heterocycles. The number of nitrogens with two attached hydrogens (primary N) is 2. The summed E-state index contributed by atoms with van der Waals surface area (Å²) in [7, 11) is 0. The molecule has 5 N–H and O–H groups in total. The molecule has 0 aliphatic carbocycles. The van der Waals surface area contributed by atoms with Gasteiger partial charge in [-0.1, -0.05) is 30.3 Å². The molecular weight excluding hydrogens is 382 g/mol. The third kappa shape index (κ3) is 4.08. The molecular formula is C20H25N9O. The maximum Gasteiger partial charge on any atom is 0.246 e. The van der Waals surface area contributed by atoms with Crippen molar-refractivity contribution in [2.45, 2.75) is 25.3 Å². The lowest BCUT2D eigenvalue weighted by Gasteiger charge is -2.33. The first-order chi connectivity index (χ1) is 14.7. The maximum atomic E-state index is 13.2. The van der Waals surface area contributed by atoms with Crippen LogP contribution in [0.2, 0.25) is 0 Å². The highest BCUT2D eigenvalue weighted by Gasteiger charge is 2.35. The van der Waals surface area contributed by atoms with Crippen molar-refractivity contribution in [1.82, 2.24) is 20.5 Å². The molecule has 10 nitrogen and oxygen atoms in total. The monoisotopic (exact) mass is 407 g/mol. The van der Waals surface area contributed by atoms with Gasteiger partial charge in [-0.2, -0.15) is 5.10 Å². The second-order valence-electron chi connectivity index (χ2n) is 7.27. The lowest BCUT2D eigenvalue weighted by molar-refractivity contribution is -0.138. The maximum absolute atomic E-state index is 13.2. The highest BCUT2D eigenvalue weighted by atomic mass is 16.2. The molecule has 1 unspecified atom stereocenters. The fourth-order valence-corrected chi connectivity index (χ4v) is 3.86.